The molecule has 1 atom stereocenters. The summed E-state index contributed by atoms with van der Waals surface area (Å²) in [5.74, 6) is 1.04. The van der Waals surface area contributed by atoms with Gasteiger partial charge in [0.25, 0.3) is 5.91 Å². The van der Waals surface area contributed by atoms with E-state index in [-0.39, 0.29) is 11.9 Å². The molecule has 1 unspecified atom stereocenters. The Balaban J connectivity index is 1.76. The largest absolute Gasteiger partial charge is 0.493 e. The third kappa shape index (κ3) is 3.83. The van der Waals surface area contributed by atoms with Gasteiger partial charge in [0.1, 0.15) is 10.7 Å². The summed E-state index contributed by atoms with van der Waals surface area (Å²) < 4.78 is 10.6. The van der Waals surface area contributed by atoms with E-state index in [0.29, 0.717) is 17.2 Å². The van der Waals surface area contributed by atoms with Gasteiger partial charge in [-0.05, 0) is 37.3 Å². The van der Waals surface area contributed by atoms with Crippen molar-refractivity contribution in [1.82, 2.24) is 15.3 Å². The van der Waals surface area contributed by atoms with Gasteiger partial charge in [0.2, 0.25) is 0 Å². The van der Waals surface area contributed by atoms with Crippen LogP contribution < -0.4 is 14.8 Å². The number of hydrogen-bond acceptors (Lipinski definition) is 6. The molecule has 0 bridgehead atoms. The summed E-state index contributed by atoms with van der Waals surface area (Å²) in [6.07, 6.45) is 1.70. The van der Waals surface area contributed by atoms with Gasteiger partial charge in [-0.3, -0.25) is 9.78 Å². The van der Waals surface area contributed by atoms with Crippen molar-refractivity contribution in [2.24, 2.45) is 0 Å². The lowest BCUT2D eigenvalue weighted by Gasteiger charge is -2.12. The molecule has 134 valence electrons. The molecule has 0 fully saturated rings. The smallest absolute Gasteiger partial charge is 0.271 e. The van der Waals surface area contributed by atoms with E-state index in [0.717, 1.165) is 16.3 Å². The highest BCUT2D eigenvalue weighted by molar-refractivity contribution is 7.13. The van der Waals surface area contributed by atoms with Crippen LogP contribution in [0.2, 0.25) is 0 Å². The second-order valence-electron chi connectivity index (χ2n) is 5.56. The van der Waals surface area contributed by atoms with Gasteiger partial charge in [0.15, 0.2) is 11.5 Å². The van der Waals surface area contributed by atoms with Crippen molar-refractivity contribution in [3.63, 3.8) is 0 Å². The Bertz CT molecular complexity index is 896. The van der Waals surface area contributed by atoms with Gasteiger partial charge < -0.3 is 14.8 Å². The van der Waals surface area contributed by atoms with Gasteiger partial charge >= 0.3 is 0 Å². The number of pyridine rings is 1. The van der Waals surface area contributed by atoms with E-state index in [4.69, 9.17) is 9.47 Å². The number of ether oxygens (including phenoxy) is 2. The van der Waals surface area contributed by atoms with Crippen LogP contribution in [-0.4, -0.2) is 30.1 Å². The Labute approximate surface area is 155 Å². The Kier molecular flexibility index (Phi) is 5.48. The molecule has 1 aromatic carbocycles. The summed E-state index contributed by atoms with van der Waals surface area (Å²) in [4.78, 5) is 21.2. The maximum absolute atomic E-state index is 12.5. The molecule has 7 heteroatoms. The highest BCUT2D eigenvalue weighted by Gasteiger charge is 2.16. The molecule has 6 nitrogen and oxygen atoms in total. The lowest BCUT2D eigenvalue weighted by atomic mass is 10.2. The zero-order chi connectivity index (χ0) is 18.5. The first-order valence-corrected chi connectivity index (χ1v) is 8.90. The van der Waals surface area contributed by atoms with Crippen LogP contribution in [-0.2, 0) is 0 Å². The van der Waals surface area contributed by atoms with Crippen LogP contribution in [0.4, 0.5) is 0 Å². The van der Waals surface area contributed by atoms with Gasteiger partial charge in [0, 0.05) is 17.1 Å². The molecule has 0 aliphatic rings. The summed E-state index contributed by atoms with van der Waals surface area (Å²) in [5.41, 5.74) is 2.04. The number of carbonyl (C=O) groups is 1. The standard InChI is InChI=1S/C19H19N3O3S/c1-12(14-6-4-5-9-20-14)21-18(23)15-11-26-19(22-15)13-7-8-16(24-2)17(10-13)25-3/h4-12H,1-3H3,(H,21,23). The van der Waals surface area contributed by atoms with Crippen molar-refractivity contribution in [2.45, 2.75) is 13.0 Å². The first kappa shape index (κ1) is 17.9. The molecule has 26 heavy (non-hydrogen) atoms. The number of thiazole rings is 1. The van der Waals surface area contributed by atoms with E-state index < -0.39 is 0 Å². The van der Waals surface area contributed by atoms with E-state index in [9.17, 15) is 4.79 Å². The first-order valence-electron chi connectivity index (χ1n) is 8.02. The molecule has 0 aliphatic heterocycles. The van der Waals surface area contributed by atoms with Gasteiger partial charge in [-0.25, -0.2) is 4.98 Å². The fraction of sp³-hybridized carbons (Fsp3) is 0.211. The molecule has 3 aromatic rings. The summed E-state index contributed by atoms with van der Waals surface area (Å²) in [7, 11) is 3.17. The van der Waals surface area contributed by atoms with Crippen molar-refractivity contribution < 1.29 is 14.3 Å². The minimum atomic E-state index is -0.230. The SMILES string of the molecule is COc1ccc(-c2nc(C(=O)NC(C)c3ccccn3)cs2)cc1OC. The molecule has 2 heterocycles. The first-order chi connectivity index (χ1) is 12.6. The maximum Gasteiger partial charge on any atom is 0.271 e. The molecule has 0 spiro atoms. The summed E-state index contributed by atoms with van der Waals surface area (Å²) >= 11 is 1.40. The van der Waals surface area contributed by atoms with Crippen LogP contribution in [0.3, 0.4) is 0 Å². The topological polar surface area (TPSA) is 73.3 Å². The zero-order valence-electron chi connectivity index (χ0n) is 14.7. The normalized spacial score (nSPS) is 11.7. The molecular formula is C19H19N3O3S. The number of nitrogens with one attached hydrogen (secondary N) is 1. The lowest BCUT2D eigenvalue weighted by Crippen LogP contribution is -2.27. The Hall–Kier alpha value is -2.93. The van der Waals surface area contributed by atoms with Gasteiger partial charge in [-0.15, -0.1) is 11.3 Å². The predicted molar refractivity (Wildman–Crippen MR) is 101 cm³/mol. The number of rotatable bonds is 6. The highest BCUT2D eigenvalue weighted by Crippen LogP contribution is 2.33. The fourth-order valence-corrected chi connectivity index (χ4v) is 3.25. The van der Waals surface area contributed by atoms with Crippen molar-refractivity contribution >= 4 is 17.2 Å². The zero-order valence-corrected chi connectivity index (χ0v) is 15.5. The molecule has 3 rings (SSSR count). The van der Waals surface area contributed by atoms with Crippen LogP contribution in [0, 0.1) is 0 Å². The number of methoxy groups -OCH3 is 2. The summed E-state index contributed by atoms with van der Waals surface area (Å²) in [6.45, 7) is 1.89. The van der Waals surface area contributed by atoms with E-state index >= 15 is 0 Å². The molecule has 1 N–H and O–H groups in total. The molecule has 0 radical (unpaired) electrons. The highest BCUT2D eigenvalue weighted by atomic mass is 32.1. The second kappa shape index (κ2) is 7.97. The molecule has 1 amide bonds. The van der Waals surface area contributed by atoms with Crippen molar-refractivity contribution in [3.8, 4) is 22.1 Å². The van der Waals surface area contributed by atoms with Crippen LogP contribution in [0.25, 0.3) is 10.6 Å². The maximum atomic E-state index is 12.5. The van der Waals surface area contributed by atoms with Crippen molar-refractivity contribution in [1.29, 1.82) is 0 Å². The van der Waals surface area contributed by atoms with Gasteiger partial charge in [0.05, 0.1) is 26.0 Å². The van der Waals surface area contributed by atoms with Gasteiger partial charge in [-0.1, -0.05) is 6.07 Å². The molecule has 0 saturated carbocycles. The molecular weight excluding hydrogens is 350 g/mol. The Morgan fingerprint density at radius 3 is 2.65 bits per heavy atom. The number of hydrogen-bond donors (Lipinski definition) is 1. The van der Waals surface area contributed by atoms with Crippen molar-refractivity contribution in [2.75, 3.05) is 14.2 Å². The molecule has 2 aromatic heterocycles. The average molecular weight is 369 g/mol. The molecule has 0 saturated heterocycles. The third-order valence-electron chi connectivity index (χ3n) is 3.85. The monoisotopic (exact) mass is 369 g/mol. The van der Waals surface area contributed by atoms with E-state index in [2.05, 4.69) is 15.3 Å². The average Bonchev–Trinajstić information content (AvgIpc) is 3.18. The quantitative estimate of drug-likeness (QED) is 0.717. The minimum absolute atomic E-state index is 0.199. The van der Waals surface area contributed by atoms with Gasteiger partial charge in [-0.2, -0.15) is 0 Å². The van der Waals surface area contributed by atoms with E-state index in [1.54, 1.807) is 25.8 Å². The Morgan fingerprint density at radius 2 is 1.96 bits per heavy atom. The lowest BCUT2D eigenvalue weighted by molar-refractivity contribution is 0.0935. The van der Waals surface area contributed by atoms with Crippen LogP contribution >= 0.6 is 11.3 Å². The second-order valence-corrected chi connectivity index (χ2v) is 6.42. The number of amides is 1. The summed E-state index contributed by atoms with van der Waals surface area (Å²) in [5, 5.41) is 5.40. The number of carbonyl (C=O) groups excluding carboxylic acids is 1. The third-order valence-corrected chi connectivity index (χ3v) is 4.74. The van der Waals surface area contributed by atoms with Crippen molar-refractivity contribution in [3.05, 3.63) is 59.4 Å². The fourth-order valence-electron chi connectivity index (χ4n) is 2.46. The van der Waals surface area contributed by atoms with E-state index in [1.807, 2.05) is 43.3 Å². The van der Waals surface area contributed by atoms with E-state index in [1.165, 1.54) is 11.3 Å². The van der Waals surface area contributed by atoms with Crippen LogP contribution in [0.5, 0.6) is 11.5 Å². The number of nitrogens with zero attached hydrogens (tertiary/aromatic N) is 2. The number of benzene rings is 1. The van der Waals surface area contributed by atoms with Crippen LogP contribution in [0.1, 0.15) is 29.1 Å². The number of aromatic nitrogens is 2. The summed E-state index contributed by atoms with van der Waals surface area (Å²) in [6, 6.07) is 11.0. The molecule has 0 aliphatic carbocycles. The minimum Gasteiger partial charge on any atom is -0.493 e. The predicted octanol–water partition coefficient (Wildman–Crippen LogP) is 3.71. The Morgan fingerprint density at radius 1 is 1.15 bits per heavy atom. The van der Waals surface area contributed by atoms with Crippen LogP contribution in [0.15, 0.2) is 48.0 Å².